The van der Waals surface area contributed by atoms with Crippen LogP contribution in [0.25, 0.3) is 0 Å². The Morgan fingerprint density at radius 2 is 0.723 bits per heavy atom. The first-order valence-corrected chi connectivity index (χ1v) is 19.4. The van der Waals surface area contributed by atoms with E-state index in [4.69, 9.17) is 37.3 Å². The molecule has 0 aromatic carbocycles. The van der Waals surface area contributed by atoms with Crippen LogP contribution < -0.4 is 74.5 Å². The minimum absolute atomic E-state index is 0. The molecule has 7 N–H and O–H groups in total. The van der Waals surface area contributed by atoms with Gasteiger partial charge in [-0.25, -0.2) is 37.3 Å². The number of unbranched alkanes of at least 4 members (excludes halogenated alkanes) is 11. The maximum Gasteiger partial charge on any atom is 2.00 e. The van der Waals surface area contributed by atoms with E-state index in [1.807, 2.05) is 0 Å². The predicted octanol–water partition coefficient (Wildman–Crippen LogP) is -6.93. The smallest absolute Gasteiger partial charge is 0.315 e. The average Bonchev–Trinajstić information content (AvgIpc) is 2.94. The van der Waals surface area contributed by atoms with Gasteiger partial charge < -0.3 is 37.2 Å². The molecule has 0 spiro atoms. The molecule has 3 rings (SSSR count). The molecule has 18 heteroatoms. The van der Waals surface area contributed by atoms with E-state index in [-0.39, 0.29) is 30.4 Å². The molecule has 0 unspecified atom stereocenters. The van der Waals surface area contributed by atoms with E-state index in [1.54, 1.807) is 0 Å². The summed E-state index contributed by atoms with van der Waals surface area (Å²) in [7, 11) is -9.89. The van der Waals surface area contributed by atoms with Crippen LogP contribution in [0.3, 0.4) is 0 Å². The Morgan fingerprint density at radius 1 is 0.468 bits per heavy atom. The van der Waals surface area contributed by atoms with Crippen LogP contribution in [0.4, 0.5) is 0 Å². The molecular formula is C29H63Cl2N7O8Zn. The molecule has 0 amide bonds. The fourth-order valence-electron chi connectivity index (χ4n) is 5.57. The van der Waals surface area contributed by atoms with Crippen molar-refractivity contribution in [3.05, 3.63) is 0 Å². The van der Waals surface area contributed by atoms with Crippen LogP contribution in [-0.4, -0.2) is 90.6 Å². The first-order chi connectivity index (χ1) is 21.7. The standard InChI is InChI=1S/C29H63N7.2ClHO4.Zn/c1-3-4-5-6-7-8-9-10-11-12-13-14-15-36-29-25-33-19-16-30-22-28(2,23-31-17-20-34-26-29)24-32-18-21-35-27-29;2*2-1(3,4)5;/h30-36H,3-27H2,1-2H3;2*(H,2,3,4,5);/q;;;+2/p-2. The van der Waals surface area contributed by atoms with E-state index in [9.17, 15) is 0 Å². The number of rotatable bonds is 14. The topological polar surface area (TPSA) is 269 Å². The van der Waals surface area contributed by atoms with Crippen molar-refractivity contribution >= 4 is 0 Å². The molecule has 47 heavy (non-hydrogen) atoms. The van der Waals surface area contributed by atoms with Gasteiger partial charge in [-0.2, -0.15) is 0 Å². The van der Waals surface area contributed by atoms with Crippen molar-refractivity contribution in [1.29, 1.82) is 0 Å². The van der Waals surface area contributed by atoms with Crippen molar-refractivity contribution in [2.45, 2.75) is 96.4 Å². The van der Waals surface area contributed by atoms with Crippen LogP contribution in [0.1, 0.15) is 90.9 Å². The van der Waals surface area contributed by atoms with Crippen LogP contribution in [-0.2, 0) is 19.5 Å². The minimum atomic E-state index is -4.94. The molecule has 0 aromatic heterocycles. The molecule has 15 nitrogen and oxygen atoms in total. The van der Waals surface area contributed by atoms with Gasteiger partial charge in [0.2, 0.25) is 0 Å². The van der Waals surface area contributed by atoms with Gasteiger partial charge in [-0.05, 0) is 13.0 Å². The summed E-state index contributed by atoms with van der Waals surface area (Å²) >= 11 is 0. The van der Waals surface area contributed by atoms with Gasteiger partial charge >= 0.3 is 19.5 Å². The zero-order chi connectivity index (χ0) is 34.6. The van der Waals surface area contributed by atoms with Crippen molar-refractivity contribution in [1.82, 2.24) is 37.2 Å². The predicted molar refractivity (Wildman–Crippen MR) is 157 cm³/mol. The Hall–Kier alpha value is 0.603. The summed E-state index contributed by atoms with van der Waals surface area (Å²) in [4.78, 5) is 0. The second-order valence-corrected chi connectivity index (χ2v) is 14.2. The van der Waals surface area contributed by atoms with E-state index in [1.165, 1.54) is 77.0 Å². The molecular weight excluding hydrogens is 711 g/mol. The summed E-state index contributed by atoms with van der Waals surface area (Å²) in [5, 5.41) is 26.4. The van der Waals surface area contributed by atoms with Gasteiger partial charge in [-0.15, -0.1) is 20.5 Å². The van der Waals surface area contributed by atoms with Gasteiger partial charge in [-0.3, -0.25) is 0 Å². The normalized spacial score (nSPS) is 23.6. The summed E-state index contributed by atoms with van der Waals surface area (Å²) in [5.41, 5.74) is 0.272. The van der Waals surface area contributed by atoms with E-state index in [0.29, 0.717) is 0 Å². The largest absolute Gasteiger partial charge is 2.00 e. The zero-order valence-corrected chi connectivity index (χ0v) is 33.4. The zero-order valence-electron chi connectivity index (χ0n) is 28.9. The minimum Gasteiger partial charge on any atom is -0.315 e. The third kappa shape index (κ3) is 37.7. The quantitative estimate of drug-likeness (QED) is 0.0639. The second-order valence-electron chi connectivity index (χ2n) is 12.7. The molecule has 0 aliphatic carbocycles. The van der Waals surface area contributed by atoms with Crippen LogP contribution in [0.5, 0.6) is 0 Å². The van der Waals surface area contributed by atoms with Crippen LogP contribution in [0.2, 0.25) is 0 Å². The molecule has 3 aliphatic heterocycles. The molecule has 2 bridgehead atoms. The average molecular weight is 774 g/mol. The van der Waals surface area contributed by atoms with Crippen molar-refractivity contribution in [3.8, 4) is 0 Å². The Bertz CT molecular complexity index is 634. The maximum atomic E-state index is 8.49. The molecule has 0 aromatic rings. The molecule has 3 saturated heterocycles. The van der Waals surface area contributed by atoms with Crippen molar-refractivity contribution in [3.63, 3.8) is 0 Å². The molecule has 3 heterocycles. The number of hydrogen-bond donors (Lipinski definition) is 7. The Balaban J connectivity index is 0. The van der Waals surface area contributed by atoms with Gasteiger partial charge in [0.15, 0.2) is 0 Å². The molecule has 0 saturated carbocycles. The fraction of sp³-hybridized carbons (Fsp3) is 1.00. The maximum absolute atomic E-state index is 8.49. The van der Waals surface area contributed by atoms with Gasteiger partial charge in [0.1, 0.15) is 0 Å². The van der Waals surface area contributed by atoms with Gasteiger partial charge in [0, 0.05) is 84.0 Å². The fourth-order valence-corrected chi connectivity index (χ4v) is 5.57. The number of hydrogen-bond acceptors (Lipinski definition) is 15. The van der Waals surface area contributed by atoms with E-state index < -0.39 is 20.5 Å². The van der Waals surface area contributed by atoms with E-state index >= 15 is 0 Å². The Labute approximate surface area is 300 Å². The first kappa shape index (κ1) is 49.7. The van der Waals surface area contributed by atoms with Crippen molar-refractivity contribution < 1.29 is 77.2 Å². The Morgan fingerprint density at radius 3 is 1.02 bits per heavy atom. The molecule has 3 aliphatic rings. The summed E-state index contributed by atoms with van der Waals surface area (Å²) in [6, 6.07) is 0. The van der Waals surface area contributed by atoms with Crippen LogP contribution in [0.15, 0.2) is 0 Å². The third-order valence-electron chi connectivity index (χ3n) is 8.01. The third-order valence-corrected chi connectivity index (χ3v) is 8.01. The van der Waals surface area contributed by atoms with Gasteiger partial charge in [0.05, 0.1) is 5.54 Å². The number of halogens is 2. The summed E-state index contributed by atoms with van der Waals surface area (Å²) < 4.78 is 67.9. The number of fused-ring (bicyclic) bond motifs is 15. The number of nitrogens with one attached hydrogen (secondary N) is 7. The molecule has 0 atom stereocenters. The van der Waals surface area contributed by atoms with E-state index in [0.717, 1.165) is 85.1 Å². The van der Waals surface area contributed by atoms with Gasteiger partial charge in [0.25, 0.3) is 0 Å². The van der Waals surface area contributed by atoms with E-state index in [2.05, 4.69) is 51.1 Å². The molecule has 278 valence electrons. The van der Waals surface area contributed by atoms with Crippen LogP contribution >= 0.6 is 0 Å². The molecule has 3 fully saturated rings. The SMILES string of the molecule is CCCCCCCCCCCCCCNC12CNCCNCC(C)(CNCCNC1)CNCCNC2.[O-][Cl+3]([O-])([O-])[O-].[O-][Cl+3]([O-])([O-])[O-].[Zn+2]. The molecule has 0 radical (unpaired) electrons. The summed E-state index contributed by atoms with van der Waals surface area (Å²) in [6.07, 6.45) is 16.9. The summed E-state index contributed by atoms with van der Waals surface area (Å²) in [5.74, 6) is 0. The van der Waals surface area contributed by atoms with Crippen LogP contribution in [0, 0.1) is 25.9 Å². The van der Waals surface area contributed by atoms with Crippen molar-refractivity contribution in [2.75, 3.05) is 85.1 Å². The Kier molecular flexibility index (Phi) is 32.0. The summed E-state index contributed by atoms with van der Waals surface area (Å²) in [6.45, 7) is 18.0. The second kappa shape index (κ2) is 30.3. The van der Waals surface area contributed by atoms with Gasteiger partial charge in [-0.1, -0.05) is 84.5 Å². The van der Waals surface area contributed by atoms with Crippen molar-refractivity contribution in [2.24, 2.45) is 5.41 Å². The monoisotopic (exact) mass is 771 g/mol. The first-order valence-electron chi connectivity index (χ1n) is 16.9.